The van der Waals surface area contributed by atoms with Gasteiger partial charge >= 0.3 is 0 Å². The highest BCUT2D eigenvalue weighted by Crippen LogP contribution is 2.47. The molecule has 0 heterocycles. The van der Waals surface area contributed by atoms with Gasteiger partial charge in [0, 0.05) is 16.8 Å². The smallest absolute Gasteiger partial charge is 0.0540 e. The number of anilines is 3. The Bertz CT molecular complexity index is 2960. The predicted octanol–water partition coefficient (Wildman–Crippen LogP) is 15.3. The lowest BCUT2D eigenvalue weighted by Crippen LogP contribution is -2.12. The summed E-state index contributed by atoms with van der Waals surface area (Å²) < 4.78 is 0. The summed E-state index contributed by atoms with van der Waals surface area (Å²) in [6.07, 6.45) is 0. The molecule has 0 radical (unpaired) electrons. The Hall–Kier alpha value is -7.22. The molecule has 0 bridgehead atoms. The summed E-state index contributed by atoms with van der Waals surface area (Å²) in [6, 6.07) is 81.5. The molecule has 0 aliphatic rings. The van der Waals surface area contributed by atoms with Gasteiger partial charge in [0.1, 0.15) is 0 Å². The molecule has 10 aromatic rings. The van der Waals surface area contributed by atoms with Gasteiger partial charge in [-0.2, -0.15) is 0 Å². The maximum atomic E-state index is 2.45. The van der Waals surface area contributed by atoms with Gasteiger partial charge in [-0.25, -0.2) is 0 Å². The molecule has 0 fully saturated rings. The van der Waals surface area contributed by atoms with Crippen LogP contribution < -0.4 is 4.90 Å². The summed E-state index contributed by atoms with van der Waals surface area (Å²) >= 11 is 0. The van der Waals surface area contributed by atoms with E-state index in [1.54, 1.807) is 0 Å². The van der Waals surface area contributed by atoms with Crippen LogP contribution in [0.4, 0.5) is 17.1 Å². The van der Waals surface area contributed by atoms with Crippen molar-refractivity contribution in [3.05, 3.63) is 224 Å². The summed E-state index contributed by atoms with van der Waals surface area (Å²) in [5.74, 6) is 0. The van der Waals surface area contributed by atoms with E-state index in [0.717, 1.165) is 17.1 Å². The Morgan fingerprint density at radius 3 is 1.42 bits per heavy atom. The van der Waals surface area contributed by atoms with Crippen LogP contribution in [0.5, 0.6) is 0 Å². The normalized spacial score (nSPS) is 11.3. The van der Waals surface area contributed by atoms with Crippen LogP contribution in [0.1, 0.15) is 0 Å². The highest BCUT2D eigenvalue weighted by molar-refractivity contribution is 6.15. The first-order valence-corrected chi connectivity index (χ1v) is 18.9. The van der Waals surface area contributed by atoms with Crippen LogP contribution in [0.3, 0.4) is 0 Å². The second-order valence-corrected chi connectivity index (χ2v) is 14.1. The molecule has 0 spiro atoms. The number of hydrogen-bond acceptors (Lipinski definition) is 1. The van der Waals surface area contributed by atoms with Crippen molar-refractivity contribution in [2.45, 2.75) is 0 Å². The first-order valence-electron chi connectivity index (χ1n) is 18.9. The fourth-order valence-corrected chi connectivity index (χ4v) is 8.14. The summed E-state index contributed by atoms with van der Waals surface area (Å²) in [6.45, 7) is 0. The SMILES string of the molecule is c1ccc(-c2ccc(-c3ccc(N(c4ccccc4-c4ccc5ccccc5c4)c4ccccc4-c4cc5ccccc5c5ccccc45)cc3)cc2)cc1. The predicted molar refractivity (Wildman–Crippen MR) is 235 cm³/mol. The molecule has 0 aromatic heterocycles. The number of rotatable bonds is 7. The van der Waals surface area contributed by atoms with E-state index in [1.165, 1.54) is 76.8 Å². The highest BCUT2D eigenvalue weighted by Gasteiger charge is 2.22. The third kappa shape index (κ3) is 6.02. The van der Waals surface area contributed by atoms with E-state index in [4.69, 9.17) is 0 Å². The van der Waals surface area contributed by atoms with Gasteiger partial charge in [-0.15, -0.1) is 0 Å². The molecule has 10 rings (SSSR count). The molecule has 0 aliphatic heterocycles. The maximum Gasteiger partial charge on any atom is 0.0540 e. The van der Waals surface area contributed by atoms with Gasteiger partial charge in [0.15, 0.2) is 0 Å². The fraction of sp³-hybridized carbons (Fsp3) is 0. The third-order valence-corrected chi connectivity index (χ3v) is 10.9. The highest BCUT2D eigenvalue weighted by atomic mass is 15.1. The van der Waals surface area contributed by atoms with Crippen LogP contribution in [-0.4, -0.2) is 0 Å². The first kappa shape index (κ1) is 32.4. The van der Waals surface area contributed by atoms with E-state index in [9.17, 15) is 0 Å². The van der Waals surface area contributed by atoms with E-state index in [1.807, 2.05) is 0 Å². The maximum absolute atomic E-state index is 2.45. The molecule has 0 amide bonds. The number of fused-ring (bicyclic) bond motifs is 4. The Morgan fingerprint density at radius 2 is 0.709 bits per heavy atom. The number of nitrogens with zero attached hydrogens (tertiary/aromatic N) is 1. The minimum Gasteiger partial charge on any atom is -0.309 e. The molecule has 0 unspecified atom stereocenters. The van der Waals surface area contributed by atoms with Gasteiger partial charge in [0.25, 0.3) is 0 Å². The zero-order valence-corrected chi connectivity index (χ0v) is 30.3. The summed E-state index contributed by atoms with van der Waals surface area (Å²) in [4.78, 5) is 2.45. The minimum atomic E-state index is 1.09. The van der Waals surface area contributed by atoms with Crippen molar-refractivity contribution in [1.82, 2.24) is 0 Å². The Balaban J connectivity index is 1.16. The Morgan fingerprint density at radius 1 is 0.236 bits per heavy atom. The zero-order chi connectivity index (χ0) is 36.6. The number of benzene rings is 10. The van der Waals surface area contributed by atoms with E-state index < -0.39 is 0 Å². The molecule has 1 heteroatoms. The average molecular weight is 700 g/mol. The van der Waals surface area contributed by atoms with Crippen LogP contribution in [0.15, 0.2) is 224 Å². The number of para-hydroxylation sites is 2. The van der Waals surface area contributed by atoms with Crippen LogP contribution in [0.2, 0.25) is 0 Å². The second kappa shape index (κ2) is 14.0. The van der Waals surface area contributed by atoms with Gasteiger partial charge in [-0.05, 0) is 102 Å². The van der Waals surface area contributed by atoms with E-state index in [0.29, 0.717) is 0 Å². The largest absolute Gasteiger partial charge is 0.309 e. The van der Waals surface area contributed by atoms with Crippen LogP contribution in [0, 0.1) is 0 Å². The van der Waals surface area contributed by atoms with E-state index in [-0.39, 0.29) is 0 Å². The van der Waals surface area contributed by atoms with Gasteiger partial charge in [-0.3, -0.25) is 0 Å². The lowest BCUT2D eigenvalue weighted by molar-refractivity contribution is 1.28. The molecule has 0 N–H and O–H groups in total. The van der Waals surface area contributed by atoms with E-state index in [2.05, 4.69) is 229 Å². The van der Waals surface area contributed by atoms with Crippen LogP contribution in [-0.2, 0) is 0 Å². The lowest BCUT2D eigenvalue weighted by Gasteiger charge is -2.30. The van der Waals surface area contributed by atoms with Crippen molar-refractivity contribution in [2.24, 2.45) is 0 Å². The molecule has 10 aromatic carbocycles. The lowest BCUT2D eigenvalue weighted by atomic mass is 9.91. The minimum absolute atomic E-state index is 1.09. The summed E-state index contributed by atoms with van der Waals surface area (Å²) in [5.41, 5.74) is 12.9. The van der Waals surface area contributed by atoms with Gasteiger partial charge < -0.3 is 4.90 Å². The van der Waals surface area contributed by atoms with Crippen LogP contribution >= 0.6 is 0 Å². The summed E-state index contributed by atoms with van der Waals surface area (Å²) in [7, 11) is 0. The van der Waals surface area contributed by atoms with Crippen LogP contribution in [0.25, 0.3) is 76.8 Å². The van der Waals surface area contributed by atoms with Crippen molar-refractivity contribution < 1.29 is 0 Å². The molecule has 258 valence electrons. The van der Waals surface area contributed by atoms with Crippen molar-refractivity contribution in [3.63, 3.8) is 0 Å². The third-order valence-electron chi connectivity index (χ3n) is 10.9. The second-order valence-electron chi connectivity index (χ2n) is 14.1. The Labute approximate surface area is 322 Å². The standard InChI is InChI=1S/C54H37N/c1-2-14-38(15-3-1)40-26-28-41(29-27-40)42-32-34-46(35-33-42)55(53-24-12-10-20-48(53)45-31-30-39-16-4-5-17-43(39)36-45)54-25-13-11-23-51(54)52-37-44-18-6-7-19-47(44)49-21-8-9-22-50(49)52/h1-37H. The van der Waals surface area contributed by atoms with Crippen molar-refractivity contribution >= 4 is 49.4 Å². The quantitative estimate of drug-likeness (QED) is 0.150. The fourth-order valence-electron chi connectivity index (χ4n) is 8.14. The van der Waals surface area contributed by atoms with Gasteiger partial charge in [0.2, 0.25) is 0 Å². The molecular weight excluding hydrogens is 663 g/mol. The summed E-state index contributed by atoms with van der Waals surface area (Å²) in [5, 5.41) is 7.47. The van der Waals surface area contributed by atoms with E-state index >= 15 is 0 Å². The molecular formula is C54H37N. The molecule has 0 saturated heterocycles. The van der Waals surface area contributed by atoms with Gasteiger partial charge in [0.05, 0.1) is 11.4 Å². The monoisotopic (exact) mass is 699 g/mol. The molecule has 55 heavy (non-hydrogen) atoms. The van der Waals surface area contributed by atoms with Crippen molar-refractivity contribution in [3.8, 4) is 44.5 Å². The molecule has 0 atom stereocenters. The molecule has 1 nitrogen and oxygen atoms in total. The molecule has 0 aliphatic carbocycles. The average Bonchev–Trinajstić information content (AvgIpc) is 3.27. The number of hydrogen-bond donors (Lipinski definition) is 0. The first-order chi connectivity index (χ1) is 27.3. The zero-order valence-electron chi connectivity index (χ0n) is 30.3. The van der Waals surface area contributed by atoms with Crippen molar-refractivity contribution in [1.29, 1.82) is 0 Å². The Kier molecular flexibility index (Phi) is 8.24. The molecule has 0 saturated carbocycles. The van der Waals surface area contributed by atoms with Crippen molar-refractivity contribution in [2.75, 3.05) is 4.90 Å². The topological polar surface area (TPSA) is 3.24 Å². The van der Waals surface area contributed by atoms with Gasteiger partial charge in [-0.1, -0.05) is 188 Å².